The fraction of sp³-hybridized carbons (Fsp3) is 0.448. The highest BCUT2D eigenvalue weighted by Gasteiger charge is 2.37. The van der Waals surface area contributed by atoms with Gasteiger partial charge in [0, 0.05) is 11.3 Å². The summed E-state index contributed by atoms with van der Waals surface area (Å²) >= 11 is 0. The summed E-state index contributed by atoms with van der Waals surface area (Å²) in [4.78, 5) is 18.4. The van der Waals surface area contributed by atoms with Crippen molar-refractivity contribution in [3.05, 3.63) is 53.2 Å². The molecule has 1 aliphatic heterocycles. The minimum Gasteiger partial charge on any atom is -0.493 e. The summed E-state index contributed by atoms with van der Waals surface area (Å²) in [5.41, 5.74) is 3.66. The lowest BCUT2D eigenvalue weighted by molar-refractivity contribution is -0.139. The summed E-state index contributed by atoms with van der Waals surface area (Å²) in [5, 5.41) is 3.33. The first-order valence-electron chi connectivity index (χ1n) is 13.0. The Balaban J connectivity index is 1.75. The topological polar surface area (TPSA) is 83.8 Å². The number of anilines is 1. The van der Waals surface area contributed by atoms with Gasteiger partial charge in [0.05, 0.1) is 50.6 Å². The third-order valence-electron chi connectivity index (χ3n) is 6.81. The summed E-state index contributed by atoms with van der Waals surface area (Å²) in [6, 6.07) is 11.0. The van der Waals surface area contributed by atoms with E-state index in [9.17, 15) is 4.79 Å². The molecule has 2 heterocycles. The van der Waals surface area contributed by atoms with Crippen molar-refractivity contribution >= 4 is 23.0 Å². The molecule has 0 fully saturated rings. The molecule has 8 heteroatoms. The molecule has 1 aromatic heterocycles. The number of allylic oxidation sites excluding steroid dienone is 1. The number of hydrogen-bond donors (Lipinski definition) is 1. The van der Waals surface area contributed by atoms with E-state index in [-0.39, 0.29) is 5.97 Å². The zero-order valence-electron chi connectivity index (χ0n) is 22.4. The highest BCUT2D eigenvalue weighted by Crippen LogP contribution is 2.48. The molecule has 1 atom stereocenters. The minimum atomic E-state index is -0.546. The standard InChI is InChI=1S/C29H37N3O5/c1-6-7-8-9-10-13-18-37-28(33)24-19(2)30-29-31-21-14-11-12-15-22(21)32(29)25(24)20-16-17-23(34-3)27(36-5)26(20)35-4/h11-12,14-17,25H,6-10,13,18H2,1-5H3,(H,30,31)/t25-/m1/s1. The SMILES string of the molecule is CCCCCCCCOC(=O)C1=C(C)Nc2nc3ccccc3n2[C@@H]1c1ccc(OC)c(OC)c1OC. The summed E-state index contributed by atoms with van der Waals surface area (Å²) in [5.74, 6) is 1.79. The normalized spacial score (nSPS) is 14.8. The maximum Gasteiger partial charge on any atom is 0.338 e. The van der Waals surface area contributed by atoms with E-state index in [4.69, 9.17) is 23.9 Å². The van der Waals surface area contributed by atoms with E-state index < -0.39 is 6.04 Å². The number of ether oxygens (including phenoxy) is 4. The van der Waals surface area contributed by atoms with Crippen molar-refractivity contribution in [1.82, 2.24) is 9.55 Å². The number of methoxy groups -OCH3 is 3. The largest absolute Gasteiger partial charge is 0.493 e. The van der Waals surface area contributed by atoms with Crippen LogP contribution in [-0.2, 0) is 9.53 Å². The Morgan fingerprint density at radius 2 is 1.68 bits per heavy atom. The van der Waals surface area contributed by atoms with E-state index in [0.717, 1.165) is 35.9 Å². The Bertz CT molecular complexity index is 1280. The molecular weight excluding hydrogens is 470 g/mol. The Morgan fingerprint density at radius 3 is 2.41 bits per heavy atom. The van der Waals surface area contributed by atoms with Crippen molar-refractivity contribution < 1.29 is 23.7 Å². The highest BCUT2D eigenvalue weighted by atomic mass is 16.5. The van der Waals surface area contributed by atoms with Gasteiger partial charge in [-0.1, -0.05) is 51.2 Å². The first-order valence-corrected chi connectivity index (χ1v) is 13.0. The van der Waals surface area contributed by atoms with E-state index in [1.165, 1.54) is 19.3 Å². The number of hydrogen-bond acceptors (Lipinski definition) is 7. The predicted molar refractivity (Wildman–Crippen MR) is 145 cm³/mol. The van der Waals surface area contributed by atoms with Crippen LogP contribution < -0.4 is 19.5 Å². The second kappa shape index (κ2) is 12.0. The first-order chi connectivity index (χ1) is 18.0. The summed E-state index contributed by atoms with van der Waals surface area (Å²) < 4.78 is 24.9. The molecule has 1 N–H and O–H groups in total. The Hall–Kier alpha value is -3.68. The molecule has 0 spiro atoms. The quantitative estimate of drug-likeness (QED) is 0.229. The van der Waals surface area contributed by atoms with Gasteiger partial charge in [0.2, 0.25) is 11.7 Å². The number of rotatable bonds is 12. The highest BCUT2D eigenvalue weighted by molar-refractivity contribution is 5.94. The molecule has 0 amide bonds. The van der Waals surface area contributed by atoms with E-state index in [1.807, 2.05) is 47.9 Å². The number of esters is 1. The van der Waals surface area contributed by atoms with Gasteiger partial charge in [0.15, 0.2) is 11.5 Å². The molecule has 3 aromatic rings. The molecule has 4 rings (SSSR count). The third kappa shape index (κ3) is 5.24. The summed E-state index contributed by atoms with van der Waals surface area (Å²) in [7, 11) is 4.74. The van der Waals surface area contributed by atoms with Crippen molar-refractivity contribution in [2.45, 2.75) is 58.4 Å². The van der Waals surface area contributed by atoms with Crippen molar-refractivity contribution in [3.63, 3.8) is 0 Å². The number of carbonyl (C=O) groups is 1. The number of benzene rings is 2. The van der Waals surface area contributed by atoms with Gasteiger partial charge in [-0.15, -0.1) is 0 Å². The fourth-order valence-electron chi connectivity index (χ4n) is 4.99. The van der Waals surface area contributed by atoms with Gasteiger partial charge < -0.3 is 24.3 Å². The lowest BCUT2D eigenvalue weighted by atomic mass is 9.93. The summed E-state index contributed by atoms with van der Waals surface area (Å²) in [6.45, 7) is 4.47. The van der Waals surface area contributed by atoms with Crippen LogP contribution in [0.25, 0.3) is 11.0 Å². The number of fused-ring (bicyclic) bond motifs is 3. The molecule has 37 heavy (non-hydrogen) atoms. The first kappa shape index (κ1) is 26.4. The van der Waals surface area contributed by atoms with E-state index in [0.29, 0.717) is 41.1 Å². The maximum absolute atomic E-state index is 13.6. The van der Waals surface area contributed by atoms with Crippen LogP contribution in [0.5, 0.6) is 17.2 Å². The maximum atomic E-state index is 13.6. The molecular formula is C29H37N3O5. The van der Waals surface area contributed by atoms with Crippen LogP contribution in [0, 0.1) is 0 Å². The molecule has 0 bridgehead atoms. The number of unbranched alkanes of at least 4 members (excludes halogenated alkanes) is 5. The molecule has 0 aliphatic carbocycles. The van der Waals surface area contributed by atoms with Crippen molar-refractivity contribution in [2.75, 3.05) is 33.3 Å². The molecule has 8 nitrogen and oxygen atoms in total. The number of nitrogens with one attached hydrogen (secondary N) is 1. The molecule has 0 saturated carbocycles. The number of imidazole rings is 1. The smallest absolute Gasteiger partial charge is 0.338 e. The van der Waals surface area contributed by atoms with E-state index >= 15 is 0 Å². The lowest BCUT2D eigenvalue weighted by Crippen LogP contribution is -2.29. The average Bonchev–Trinajstić information content (AvgIpc) is 3.28. The Labute approximate surface area is 218 Å². The average molecular weight is 508 g/mol. The van der Waals surface area contributed by atoms with Gasteiger partial charge in [-0.25, -0.2) is 9.78 Å². The van der Waals surface area contributed by atoms with Crippen molar-refractivity contribution in [3.8, 4) is 17.2 Å². The monoisotopic (exact) mass is 507 g/mol. The number of para-hydroxylation sites is 2. The Kier molecular flexibility index (Phi) is 8.58. The Morgan fingerprint density at radius 1 is 0.946 bits per heavy atom. The van der Waals surface area contributed by atoms with E-state index in [1.54, 1.807) is 21.3 Å². The van der Waals surface area contributed by atoms with Gasteiger partial charge >= 0.3 is 5.97 Å². The molecule has 0 saturated heterocycles. The predicted octanol–water partition coefficient (Wildman–Crippen LogP) is 6.25. The van der Waals surface area contributed by atoms with Gasteiger partial charge in [-0.05, 0) is 37.6 Å². The zero-order valence-corrected chi connectivity index (χ0v) is 22.4. The van der Waals surface area contributed by atoms with Crippen LogP contribution in [-0.4, -0.2) is 43.5 Å². The molecule has 0 radical (unpaired) electrons. The van der Waals surface area contributed by atoms with Crippen LogP contribution in [0.15, 0.2) is 47.7 Å². The third-order valence-corrected chi connectivity index (χ3v) is 6.81. The molecule has 1 aliphatic rings. The van der Waals surface area contributed by atoms with E-state index in [2.05, 4.69) is 12.2 Å². The second-order valence-electron chi connectivity index (χ2n) is 9.19. The van der Waals surface area contributed by atoms with Crippen LogP contribution in [0.1, 0.15) is 64.0 Å². The summed E-state index contributed by atoms with van der Waals surface area (Å²) in [6.07, 6.45) is 6.72. The van der Waals surface area contributed by atoms with Crippen LogP contribution >= 0.6 is 0 Å². The van der Waals surface area contributed by atoms with Gasteiger partial charge in [0.25, 0.3) is 0 Å². The fourth-order valence-corrected chi connectivity index (χ4v) is 4.99. The van der Waals surface area contributed by atoms with Crippen LogP contribution in [0.3, 0.4) is 0 Å². The molecule has 198 valence electrons. The van der Waals surface area contributed by atoms with Gasteiger partial charge in [-0.2, -0.15) is 0 Å². The number of aromatic nitrogens is 2. The van der Waals surface area contributed by atoms with Crippen molar-refractivity contribution in [1.29, 1.82) is 0 Å². The van der Waals surface area contributed by atoms with Crippen molar-refractivity contribution in [2.24, 2.45) is 0 Å². The lowest BCUT2D eigenvalue weighted by Gasteiger charge is -2.31. The van der Waals surface area contributed by atoms with Gasteiger partial charge in [-0.3, -0.25) is 4.57 Å². The van der Waals surface area contributed by atoms with Crippen LogP contribution in [0.2, 0.25) is 0 Å². The number of nitrogens with zero attached hydrogens (tertiary/aromatic N) is 2. The zero-order chi connectivity index (χ0) is 26.4. The second-order valence-corrected chi connectivity index (χ2v) is 9.19. The van der Waals surface area contributed by atoms with Crippen LogP contribution in [0.4, 0.5) is 5.95 Å². The molecule has 0 unspecified atom stereocenters. The minimum absolute atomic E-state index is 0.358. The molecule has 2 aromatic carbocycles. The van der Waals surface area contributed by atoms with Gasteiger partial charge in [0.1, 0.15) is 0 Å². The number of carbonyl (C=O) groups excluding carboxylic acids is 1.